The minimum atomic E-state index is 0.201. The van der Waals surface area contributed by atoms with Crippen molar-refractivity contribution in [2.45, 2.75) is 27.2 Å². The molecule has 1 N–H and O–H groups in total. The van der Waals surface area contributed by atoms with Gasteiger partial charge in [0.1, 0.15) is 0 Å². The monoisotopic (exact) mass is 273 g/mol. The van der Waals surface area contributed by atoms with Gasteiger partial charge in [-0.1, -0.05) is 50.0 Å². The van der Waals surface area contributed by atoms with E-state index in [9.17, 15) is 0 Å². The Kier molecular flexibility index (Phi) is 5.30. The molecule has 0 radical (unpaired) electrons. The number of rotatable bonds is 5. The summed E-state index contributed by atoms with van der Waals surface area (Å²) < 4.78 is 0. The molecule has 0 heterocycles. The van der Waals surface area contributed by atoms with Crippen LogP contribution in [0.2, 0.25) is 10.0 Å². The van der Waals surface area contributed by atoms with Crippen molar-refractivity contribution >= 4 is 23.2 Å². The van der Waals surface area contributed by atoms with Crippen molar-refractivity contribution in [2.75, 3.05) is 13.6 Å². The molecule has 17 heavy (non-hydrogen) atoms. The van der Waals surface area contributed by atoms with Crippen LogP contribution in [0.15, 0.2) is 18.2 Å². The topological polar surface area (TPSA) is 12.0 Å². The Hall–Kier alpha value is -0.240. The molecule has 1 nitrogen and oxygen atoms in total. The summed E-state index contributed by atoms with van der Waals surface area (Å²) in [6, 6.07) is 5.75. The van der Waals surface area contributed by atoms with Crippen LogP contribution < -0.4 is 5.32 Å². The van der Waals surface area contributed by atoms with Crippen molar-refractivity contribution in [3.63, 3.8) is 0 Å². The Bertz CT molecular complexity index is 376. The fourth-order valence-electron chi connectivity index (χ4n) is 1.97. The molecule has 3 heteroatoms. The van der Waals surface area contributed by atoms with E-state index in [0.29, 0.717) is 10.9 Å². The molecule has 0 aromatic heterocycles. The summed E-state index contributed by atoms with van der Waals surface area (Å²) in [5.74, 6) is 0.585. The number of hydrogen-bond donors (Lipinski definition) is 1. The molecule has 0 amide bonds. The third kappa shape index (κ3) is 3.87. The van der Waals surface area contributed by atoms with Gasteiger partial charge in [0.05, 0.1) is 0 Å². The van der Waals surface area contributed by atoms with Crippen LogP contribution in [0.25, 0.3) is 0 Å². The fraction of sp³-hybridized carbons (Fsp3) is 0.571. The van der Waals surface area contributed by atoms with E-state index in [1.807, 2.05) is 25.2 Å². The van der Waals surface area contributed by atoms with Gasteiger partial charge < -0.3 is 5.32 Å². The molecule has 96 valence electrons. The van der Waals surface area contributed by atoms with E-state index in [-0.39, 0.29) is 5.41 Å². The lowest BCUT2D eigenvalue weighted by molar-refractivity contribution is 0.212. The SMILES string of the molecule is CNCC(C)(Cc1ccc(Cl)cc1Cl)C(C)C. The zero-order valence-electron chi connectivity index (χ0n) is 11.0. The molecule has 1 unspecified atom stereocenters. The fourth-order valence-corrected chi connectivity index (χ4v) is 2.45. The van der Waals surface area contributed by atoms with Gasteiger partial charge in [0.25, 0.3) is 0 Å². The summed E-state index contributed by atoms with van der Waals surface area (Å²) in [4.78, 5) is 0. The lowest BCUT2D eigenvalue weighted by Gasteiger charge is -2.34. The summed E-state index contributed by atoms with van der Waals surface area (Å²) in [5.41, 5.74) is 1.37. The Morgan fingerprint density at radius 1 is 1.29 bits per heavy atom. The molecule has 0 aliphatic heterocycles. The van der Waals surface area contributed by atoms with Gasteiger partial charge in [-0.05, 0) is 42.5 Å². The van der Waals surface area contributed by atoms with Gasteiger partial charge in [-0.3, -0.25) is 0 Å². The van der Waals surface area contributed by atoms with Crippen LogP contribution >= 0.6 is 23.2 Å². The van der Waals surface area contributed by atoms with Crippen LogP contribution in [-0.2, 0) is 6.42 Å². The van der Waals surface area contributed by atoms with Gasteiger partial charge in [-0.15, -0.1) is 0 Å². The highest BCUT2D eigenvalue weighted by Crippen LogP contribution is 2.33. The average molecular weight is 274 g/mol. The maximum atomic E-state index is 6.24. The molecular formula is C14H21Cl2N. The van der Waals surface area contributed by atoms with Gasteiger partial charge in [-0.25, -0.2) is 0 Å². The molecule has 0 aliphatic carbocycles. The van der Waals surface area contributed by atoms with Gasteiger partial charge in [0, 0.05) is 16.6 Å². The first-order valence-electron chi connectivity index (χ1n) is 5.97. The van der Waals surface area contributed by atoms with Crippen molar-refractivity contribution in [3.8, 4) is 0 Å². The first-order chi connectivity index (χ1) is 7.89. The number of hydrogen-bond acceptors (Lipinski definition) is 1. The van der Waals surface area contributed by atoms with Crippen LogP contribution in [0.3, 0.4) is 0 Å². The normalized spacial score (nSPS) is 15.0. The maximum Gasteiger partial charge on any atom is 0.0453 e. The molecule has 0 saturated heterocycles. The van der Waals surface area contributed by atoms with Gasteiger partial charge in [0.2, 0.25) is 0 Å². The Labute approximate surface area is 115 Å². The van der Waals surface area contributed by atoms with E-state index < -0.39 is 0 Å². The first kappa shape index (κ1) is 14.8. The van der Waals surface area contributed by atoms with Gasteiger partial charge in [-0.2, -0.15) is 0 Å². The number of nitrogens with one attached hydrogen (secondary N) is 1. The molecule has 0 aliphatic rings. The average Bonchev–Trinajstić information content (AvgIpc) is 2.22. The summed E-state index contributed by atoms with van der Waals surface area (Å²) >= 11 is 12.2. The second-order valence-corrected chi connectivity index (χ2v) is 6.10. The lowest BCUT2D eigenvalue weighted by Crippen LogP contribution is -2.36. The summed E-state index contributed by atoms with van der Waals surface area (Å²) in [7, 11) is 1.99. The van der Waals surface area contributed by atoms with Crippen LogP contribution in [0.5, 0.6) is 0 Å². The van der Waals surface area contributed by atoms with Crippen LogP contribution in [0.1, 0.15) is 26.3 Å². The summed E-state index contributed by atoms with van der Waals surface area (Å²) in [6.45, 7) is 7.77. The standard InChI is InChI=1S/C14H21Cl2N/c1-10(2)14(3,9-17-4)8-11-5-6-12(15)7-13(11)16/h5-7,10,17H,8-9H2,1-4H3. The Morgan fingerprint density at radius 2 is 1.94 bits per heavy atom. The van der Waals surface area contributed by atoms with Crippen LogP contribution in [-0.4, -0.2) is 13.6 Å². The predicted octanol–water partition coefficient (Wildman–Crippen LogP) is 4.42. The highest BCUT2D eigenvalue weighted by atomic mass is 35.5. The minimum absolute atomic E-state index is 0.201. The quantitative estimate of drug-likeness (QED) is 0.838. The van der Waals surface area contributed by atoms with Crippen molar-refractivity contribution in [1.82, 2.24) is 5.32 Å². The lowest BCUT2D eigenvalue weighted by atomic mass is 9.74. The van der Waals surface area contributed by atoms with Crippen molar-refractivity contribution in [1.29, 1.82) is 0 Å². The number of halogens is 2. The molecule has 0 saturated carbocycles. The molecule has 1 aromatic rings. The van der Waals surface area contributed by atoms with E-state index in [0.717, 1.165) is 18.0 Å². The van der Waals surface area contributed by atoms with Crippen molar-refractivity contribution < 1.29 is 0 Å². The van der Waals surface area contributed by atoms with Crippen molar-refractivity contribution in [3.05, 3.63) is 33.8 Å². The Morgan fingerprint density at radius 3 is 2.41 bits per heavy atom. The number of benzene rings is 1. The Balaban J connectivity index is 2.93. The molecule has 0 fully saturated rings. The minimum Gasteiger partial charge on any atom is -0.319 e. The summed E-state index contributed by atoms with van der Waals surface area (Å²) in [5, 5.41) is 4.73. The van der Waals surface area contributed by atoms with E-state index in [4.69, 9.17) is 23.2 Å². The molecule has 1 rings (SSSR count). The largest absolute Gasteiger partial charge is 0.319 e. The van der Waals surface area contributed by atoms with E-state index in [2.05, 4.69) is 26.1 Å². The van der Waals surface area contributed by atoms with Crippen LogP contribution in [0, 0.1) is 11.3 Å². The highest BCUT2D eigenvalue weighted by Gasteiger charge is 2.28. The molecule has 1 atom stereocenters. The zero-order chi connectivity index (χ0) is 13.1. The molecule has 1 aromatic carbocycles. The third-order valence-electron chi connectivity index (χ3n) is 3.58. The maximum absolute atomic E-state index is 6.24. The highest BCUT2D eigenvalue weighted by molar-refractivity contribution is 6.35. The van der Waals surface area contributed by atoms with Gasteiger partial charge >= 0.3 is 0 Å². The molecule has 0 spiro atoms. The van der Waals surface area contributed by atoms with Gasteiger partial charge in [0.15, 0.2) is 0 Å². The van der Waals surface area contributed by atoms with E-state index in [1.165, 1.54) is 5.56 Å². The molecular weight excluding hydrogens is 253 g/mol. The second kappa shape index (κ2) is 6.08. The molecule has 0 bridgehead atoms. The van der Waals surface area contributed by atoms with Crippen molar-refractivity contribution in [2.24, 2.45) is 11.3 Å². The zero-order valence-corrected chi connectivity index (χ0v) is 12.5. The summed E-state index contributed by atoms with van der Waals surface area (Å²) in [6.07, 6.45) is 0.960. The second-order valence-electron chi connectivity index (χ2n) is 5.25. The predicted molar refractivity (Wildman–Crippen MR) is 77.0 cm³/mol. The first-order valence-corrected chi connectivity index (χ1v) is 6.73. The third-order valence-corrected chi connectivity index (χ3v) is 4.17. The van der Waals surface area contributed by atoms with Crippen LogP contribution in [0.4, 0.5) is 0 Å². The smallest absolute Gasteiger partial charge is 0.0453 e. The van der Waals surface area contributed by atoms with E-state index >= 15 is 0 Å². The van der Waals surface area contributed by atoms with E-state index in [1.54, 1.807) is 0 Å².